The Balaban J connectivity index is 1.33. The fourth-order valence-corrected chi connectivity index (χ4v) is 4.78. The SMILES string of the molecule is COc1ccc(C2CC(=O)c3cnc(N4CCN(c5ccc(F)cc5)CC4)nc3C2)c(OC)c1. The number of carbonyl (C=O) groups is 1. The van der Waals surface area contributed by atoms with Crippen LogP contribution in [0.1, 0.15) is 34.0 Å². The number of hydrogen-bond donors (Lipinski definition) is 0. The molecule has 0 spiro atoms. The van der Waals surface area contributed by atoms with Gasteiger partial charge in [-0.15, -0.1) is 0 Å². The molecule has 1 aromatic heterocycles. The minimum Gasteiger partial charge on any atom is -0.497 e. The number of ketones is 1. The largest absolute Gasteiger partial charge is 0.497 e. The first-order valence-electron chi connectivity index (χ1n) is 11.4. The number of benzene rings is 2. The molecular weight excluding hydrogens is 435 g/mol. The third-order valence-corrected chi connectivity index (χ3v) is 6.66. The molecule has 1 unspecified atom stereocenters. The molecule has 0 bridgehead atoms. The molecule has 2 aromatic carbocycles. The highest BCUT2D eigenvalue weighted by Gasteiger charge is 2.31. The number of anilines is 2. The van der Waals surface area contributed by atoms with Gasteiger partial charge in [-0.2, -0.15) is 0 Å². The van der Waals surface area contributed by atoms with Crippen molar-refractivity contribution in [1.82, 2.24) is 9.97 Å². The summed E-state index contributed by atoms with van der Waals surface area (Å²) in [6.45, 7) is 3.08. The van der Waals surface area contributed by atoms with Gasteiger partial charge < -0.3 is 19.3 Å². The number of rotatable bonds is 5. The van der Waals surface area contributed by atoms with Crippen LogP contribution < -0.4 is 19.3 Å². The van der Waals surface area contributed by atoms with Crippen molar-refractivity contribution in [2.75, 3.05) is 50.2 Å². The highest BCUT2D eigenvalue weighted by molar-refractivity contribution is 5.98. The van der Waals surface area contributed by atoms with E-state index in [2.05, 4.69) is 14.8 Å². The van der Waals surface area contributed by atoms with Crippen LogP contribution in [0, 0.1) is 5.82 Å². The molecule has 3 aromatic rings. The van der Waals surface area contributed by atoms with Gasteiger partial charge in [-0.05, 0) is 42.3 Å². The molecule has 7 nitrogen and oxygen atoms in total. The third-order valence-electron chi connectivity index (χ3n) is 6.66. The van der Waals surface area contributed by atoms with E-state index < -0.39 is 0 Å². The Morgan fingerprint density at radius 2 is 1.68 bits per heavy atom. The molecule has 2 aliphatic rings. The van der Waals surface area contributed by atoms with E-state index in [0.29, 0.717) is 35.9 Å². The van der Waals surface area contributed by atoms with E-state index >= 15 is 0 Å². The summed E-state index contributed by atoms with van der Waals surface area (Å²) < 4.78 is 24.1. The average molecular weight is 463 g/mol. The van der Waals surface area contributed by atoms with Gasteiger partial charge in [0.05, 0.1) is 25.5 Å². The van der Waals surface area contributed by atoms with Gasteiger partial charge in [-0.1, -0.05) is 6.07 Å². The summed E-state index contributed by atoms with van der Waals surface area (Å²) in [4.78, 5) is 26.6. The smallest absolute Gasteiger partial charge is 0.225 e. The molecule has 5 rings (SSSR count). The van der Waals surface area contributed by atoms with Gasteiger partial charge in [-0.25, -0.2) is 14.4 Å². The van der Waals surface area contributed by atoms with E-state index in [1.807, 2.05) is 18.2 Å². The number of fused-ring (bicyclic) bond motifs is 1. The third kappa shape index (κ3) is 4.27. The zero-order valence-corrected chi connectivity index (χ0v) is 19.3. The predicted octanol–water partition coefficient (Wildman–Crippen LogP) is 3.87. The number of ether oxygens (including phenoxy) is 2. The van der Waals surface area contributed by atoms with Crippen LogP contribution in [0.5, 0.6) is 11.5 Å². The van der Waals surface area contributed by atoms with Gasteiger partial charge in [0, 0.05) is 56.5 Å². The van der Waals surface area contributed by atoms with E-state index in [1.165, 1.54) is 12.1 Å². The van der Waals surface area contributed by atoms with Gasteiger partial charge in [-0.3, -0.25) is 4.79 Å². The summed E-state index contributed by atoms with van der Waals surface area (Å²) in [6, 6.07) is 12.3. The molecule has 0 saturated carbocycles. The molecule has 1 saturated heterocycles. The van der Waals surface area contributed by atoms with Crippen LogP contribution >= 0.6 is 0 Å². The van der Waals surface area contributed by atoms with Crippen LogP contribution in [0.2, 0.25) is 0 Å². The molecule has 176 valence electrons. The molecule has 1 fully saturated rings. The molecular formula is C26H27FN4O3. The first kappa shape index (κ1) is 22.1. The van der Waals surface area contributed by atoms with Crippen molar-refractivity contribution in [1.29, 1.82) is 0 Å². The molecule has 1 aliphatic heterocycles. The van der Waals surface area contributed by atoms with Gasteiger partial charge in [0.1, 0.15) is 17.3 Å². The highest BCUT2D eigenvalue weighted by atomic mass is 19.1. The zero-order chi connectivity index (χ0) is 23.7. The van der Waals surface area contributed by atoms with Crippen LogP contribution in [-0.2, 0) is 6.42 Å². The first-order valence-corrected chi connectivity index (χ1v) is 11.4. The Kier molecular flexibility index (Phi) is 6.04. The van der Waals surface area contributed by atoms with Crippen molar-refractivity contribution in [3.63, 3.8) is 0 Å². The van der Waals surface area contributed by atoms with E-state index in [4.69, 9.17) is 14.5 Å². The molecule has 2 heterocycles. The van der Waals surface area contributed by atoms with E-state index in [1.54, 1.807) is 32.5 Å². The molecule has 8 heteroatoms. The molecule has 0 radical (unpaired) electrons. The lowest BCUT2D eigenvalue weighted by molar-refractivity contribution is 0.0962. The van der Waals surface area contributed by atoms with Crippen molar-refractivity contribution < 1.29 is 18.7 Å². The lowest BCUT2D eigenvalue weighted by Crippen LogP contribution is -2.47. The lowest BCUT2D eigenvalue weighted by atomic mass is 9.82. The summed E-state index contributed by atoms with van der Waals surface area (Å²) in [6.07, 6.45) is 2.72. The number of carbonyl (C=O) groups excluding carboxylic acids is 1. The fraction of sp³-hybridized carbons (Fsp3) is 0.346. The van der Waals surface area contributed by atoms with Gasteiger partial charge in [0.15, 0.2) is 5.78 Å². The van der Waals surface area contributed by atoms with Gasteiger partial charge in [0.2, 0.25) is 5.95 Å². The van der Waals surface area contributed by atoms with Crippen LogP contribution in [0.25, 0.3) is 0 Å². The van der Waals surface area contributed by atoms with Crippen molar-refractivity contribution in [3.8, 4) is 11.5 Å². The molecule has 34 heavy (non-hydrogen) atoms. The van der Waals surface area contributed by atoms with Crippen LogP contribution in [0.3, 0.4) is 0 Å². The molecule has 0 amide bonds. The quantitative estimate of drug-likeness (QED) is 0.570. The molecule has 1 atom stereocenters. The average Bonchev–Trinajstić information content (AvgIpc) is 2.88. The Labute approximate surface area is 198 Å². The number of methoxy groups -OCH3 is 2. The fourth-order valence-electron chi connectivity index (χ4n) is 4.78. The van der Waals surface area contributed by atoms with Gasteiger partial charge in [0.25, 0.3) is 0 Å². The summed E-state index contributed by atoms with van der Waals surface area (Å²) in [5, 5.41) is 0. The van der Waals surface area contributed by atoms with Crippen molar-refractivity contribution in [2.24, 2.45) is 0 Å². The minimum atomic E-state index is -0.232. The number of aromatic nitrogens is 2. The summed E-state index contributed by atoms with van der Waals surface area (Å²) >= 11 is 0. The predicted molar refractivity (Wildman–Crippen MR) is 128 cm³/mol. The number of halogens is 1. The number of Topliss-reactive ketones (excluding diaryl/α,β-unsaturated/α-hetero) is 1. The van der Waals surface area contributed by atoms with Crippen molar-refractivity contribution in [2.45, 2.75) is 18.8 Å². The standard InChI is InChI=1S/C26H27FN4O3/c1-33-20-7-8-21(25(15-20)34-2)17-13-23-22(24(32)14-17)16-28-26(29-23)31-11-9-30(10-12-31)19-5-3-18(27)4-6-19/h3-8,15-17H,9-14H2,1-2H3. The number of piperazine rings is 1. The maximum atomic E-state index is 13.2. The Hall–Kier alpha value is -3.68. The van der Waals surface area contributed by atoms with Crippen molar-refractivity contribution >= 4 is 17.4 Å². The zero-order valence-electron chi connectivity index (χ0n) is 19.3. The Bertz CT molecular complexity index is 1190. The summed E-state index contributed by atoms with van der Waals surface area (Å²) in [7, 11) is 3.25. The second kappa shape index (κ2) is 9.29. The normalized spacial score (nSPS) is 18.0. The Morgan fingerprint density at radius 1 is 0.941 bits per heavy atom. The summed E-state index contributed by atoms with van der Waals surface area (Å²) in [5.41, 5.74) is 3.38. The number of nitrogens with zero attached hydrogens (tertiary/aromatic N) is 4. The van der Waals surface area contributed by atoms with E-state index in [-0.39, 0.29) is 17.5 Å². The van der Waals surface area contributed by atoms with Gasteiger partial charge >= 0.3 is 0 Å². The summed E-state index contributed by atoms with van der Waals surface area (Å²) in [5.74, 6) is 1.88. The molecule has 0 N–H and O–H groups in total. The van der Waals surface area contributed by atoms with Crippen molar-refractivity contribution in [3.05, 3.63) is 71.3 Å². The topological polar surface area (TPSA) is 67.8 Å². The Morgan fingerprint density at radius 3 is 2.38 bits per heavy atom. The molecule has 1 aliphatic carbocycles. The second-order valence-corrected chi connectivity index (χ2v) is 8.62. The first-order chi connectivity index (χ1) is 16.6. The minimum absolute atomic E-state index is 0.0149. The maximum absolute atomic E-state index is 13.2. The lowest BCUT2D eigenvalue weighted by Gasteiger charge is -2.36. The van der Waals surface area contributed by atoms with E-state index in [9.17, 15) is 9.18 Å². The number of hydrogen-bond acceptors (Lipinski definition) is 7. The second-order valence-electron chi connectivity index (χ2n) is 8.62. The van der Waals surface area contributed by atoms with Crippen LogP contribution in [0.15, 0.2) is 48.7 Å². The highest BCUT2D eigenvalue weighted by Crippen LogP contribution is 2.38. The van der Waals surface area contributed by atoms with Crippen LogP contribution in [0.4, 0.5) is 16.0 Å². The monoisotopic (exact) mass is 462 g/mol. The maximum Gasteiger partial charge on any atom is 0.225 e. The van der Waals surface area contributed by atoms with Crippen LogP contribution in [-0.4, -0.2) is 56.1 Å². The van der Waals surface area contributed by atoms with E-state index in [0.717, 1.165) is 43.1 Å².